The van der Waals surface area contributed by atoms with Crippen molar-refractivity contribution in [2.24, 2.45) is 0 Å². The van der Waals surface area contributed by atoms with Crippen molar-refractivity contribution in [2.45, 2.75) is 51.2 Å². The van der Waals surface area contributed by atoms with Crippen LogP contribution >= 0.6 is 0 Å². The van der Waals surface area contributed by atoms with Crippen LogP contribution in [-0.4, -0.2) is 31.1 Å². The Kier molecular flexibility index (Phi) is 4.75. The summed E-state index contributed by atoms with van der Waals surface area (Å²) >= 11 is 0. The molecule has 1 aliphatic heterocycles. The van der Waals surface area contributed by atoms with Crippen molar-refractivity contribution in [2.75, 3.05) is 7.11 Å². The second kappa shape index (κ2) is 5.85. The zero-order valence-corrected chi connectivity index (χ0v) is 9.32. The molecule has 1 saturated heterocycles. The minimum absolute atomic E-state index is 0.140. The Bertz CT molecular complexity index is 237. The maximum absolute atomic E-state index is 11.5. The van der Waals surface area contributed by atoms with E-state index in [4.69, 9.17) is 9.47 Å². The summed E-state index contributed by atoms with van der Waals surface area (Å²) in [7, 11) is 1.57. The number of hydrogen-bond acceptors (Lipinski definition) is 4. The van der Waals surface area contributed by atoms with Crippen molar-refractivity contribution in [1.29, 1.82) is 0 Å². The number of carbonyl (C=O) groups excluding carboxylic acids is 2. The van der Waals surface area contributed by atoms with Crippen LogP contribution in [0.15, 0.2) is 0 Å². The van der Waals surface area contributed by atoms with E-state index in [-0.39, 0.29) is 24.0 Å². The number of ether oxygens (including phenoxy) is 2. The summed E-state index contributed by atoms with van der Waals surface area (Å²) in [6.45, 7) is 1.82. The second-order valence-corrected chi connectivity index (χ2v) is 3.98. The van der Waals surface area contributed by atoms with E-state index in [9.17, 15) is 9.59 Å². The molecule has 0 amide bonds. The van der Waals surface area contributed by atoms with Gasteiger partial charge >= 0.3 is 5.97 Å². The number of hydrogen-bond donors (Lipinski definition) is 0. The predicted octanol–water partition coefficient (Wildman–Crippen LogP) is 1.47. The lowest BCUT2D eigenvalue weighted by atomic mass is 10.0. The first kappa shape index (κ1) is 12.2. The summed E-state index contributed by atoms with van der Waals surface area (Å²) in [5, 5.41) is 0. The Hall–Kier alpha value is -0.900. The van der Waals surface area contributed by atoms with Crippen LogP contribution in [0.25, 0.3) is 0 Å². The molecule has 1 heterocycles. The third-order valence-electron chi connectivity index (χ3n) is 2.62. The average Bonchev–Trinajstić information content (AvgIpc) is 2.20. The molecule has 0 aromatic heterocycles. The van der Waals surface area contributed by atoms with E-state index in [0.29, 0.717) is 32.1 Å². The first-order chi connectivity index (χ1) is 7.11. The molecule has 2 unspecified atom stereocenters. The number of carbonyl (C=O) groups is 2. The van der Waals surface area contributed by atoms with E-state index < -0.39 is 0 Å². The highest BCUT2D eigenvalue weighted by molar-refractivity contribution is 5.79. The summed E-state index contributed by atoms with van der Waals surface area (Å²) in [6, 6.07) is 0. The zero-order valence-electron chi connectivity index (χ0n) is 9.32. The van der Waals surface area contributed by atoms with Gasteiger partial charge in [0, 0.05) is 26.4 Å². The molecular weight excluding hydrogens is 196 g/mol. The summed E-state index contributed by atoms with van der Waals surface area (Å²) in [6.07, 6.45) is 2.09. The van der Waals surface area contributed by atoms with Crippen LogP contribution in [0.5, 0.6) is 0 Å². The van der Waals surface area contributed by atoms with Gasteiger partial charge in [0.1, 0.15) is 5.78 Å². The molecule has 4 nitrogen and oxygen atoms in total. The van der Waals surface area contributed by atoms with E-state index in [0.717, 1.165) is 0 Å². The monoisotopic (exact) mass is 214 g/mol. The van der Waals surface area contributed by atoms with E-state index in [2.05, 4.69) is 0 Å². The van der Waals surface area contributed by atoms with Gasteiger partial charge in [-0.05, 0) is 19.8 Å². The lowest BCUT2D eigenvalue weighted by molar-refractivity contribution is -0.150. The fourth-order valence-corrected chi connectivity index (χ4v) is 1.64. The largest absolute Gasteiger partial charge is 0.463 e. The molecule has 0 aromatic rings. The third-order valence-corrected chi connectivity index (χ3v) is 2.62. The van der Waals surface area contributed by atoms with Crippen molar-refractivity contribution in [1.82, 2.24) is 0 Å². The summed E-state index contributed by atoms with van der Waals surface area (Å²) in [5.74, 6) is -0.00875. The van der Waals surface area contributed by atoms with Crippen LogP contribution in [0.3, 0.4) is 0 Å². The van der Waals surface area contributed by atoms with Crippen molar-refractivity contribution < 1.29 is 19.1 Å². The van der Waals surface area contributed by atoms with Gasteiger partial charge in [0.2, 0.25) is 0 Å². The van der Waals surface area contributed by atoms with Crippen LogP contribution in [-0.2, 0) is 19.1 Å². The Balaban J connectivity index is 2.54. The van der Waals surface area contributed by atoms with Crippen LogP contribution in [0.1, 0.15) is 39.0 Å². The highest BCUT2D eigenvalue weighted by Crippen LogP contribution is 2.14. The molecule has 1 fully saturated rings. The molecule has 0 aliphatic carbocycles. The maximum Gasteiger partial charge on any atom is 0.306 e. The summed E-state index contributed by atoms with van der Waals surface area (Å²) in [5.41, 5.74) is 0. The van der Waals surface area contributed by atoms with Crippen LogP contribution in [0.4, 0.5) is 0 Å². The smallest absolute Gasteiger partial charge is 0.306 e. The molecule has 0 saturated carbocycles. The second-order valence-electron chi connectivity index (χ2n) is 3.98. The normalized spacial score (nSPS) is 29.7. The van der Waals surface area contributed by atoms with E-state index in [1.807, 2.05) is 6.92 Å². The minimum atomic E-state index is -0.195. The molecule has 0 spiro atoms. The van der Waals surface area contributed by atoms with Crippen molar-refractivity contribution >= 4 is 11.8 Å². The fourth-order valence-electron chi connectivity index (χ4n) is 1.64. The van der Waals surface area contributed by atoms with Gasteiger partial charge in [0.05, 0.1) is 12.2 Å². The van der Waals surface area contributed by atoms with Gasteiger partial charge in [-0.1, -0.05) is 0 Å². The fraction of sp³-hybridized carbons (Fsp3) is 0.818. The van der Waals surface area contributed by atoms with E-state index in [1.54, 1.807) is 7.11 Å². The molecule has 1 aliphatic rings. The molecule has 0 aromatic carbocycles. The number of esters is 1. The van der Waals surface area contributed by atoms with Crippen LogP contribution in [0.2, 0.25) is 0 Å². The number of methoxy groups -OCH3 is 1. The topological polar surface area (TPSA) is 52.6 Å². The van der Waals surface area contributed by atoms with E-state index in [1.165, 1.54) is 0 Å². The molecule has 4 heteroatoms. The summed E-state index contributed by atoms with van der Waals surface area (Å²) < 4.78 is 10.3. The van der Waals surface area contributed by atoms with Gasteiger partial charge < -0.3 is 9.47 Å². The Morgan fingerprint density at radius 3 is 2.67 bits per heavy atom. The summed E-state index contributed by atoms with van der Waals surface area (Å²) in [4.78, 5) is 22.8. The van der Waals surface area contributed by atoms with Gasteiger partial charge in [0.25, 0.3) is 0 Å². The Labute approximate surface area is 89.9 Å². The molecule has 0 bridgehead atoms. The van der Waals surface area contributed by atoms with Gasteiger partial charge in [-0.25, -0.2) is 0 Å². The molecule has 0 radical (unpaired) electrons. The number of rotatable bonds is 1. The predicted molar refractivity (Wildman–Crippen MR) is 54.4 cm³/mol. The Morgan fingerprint density at radius 1 is 1.27 bits per heavy atom. The van der Waals surface area contributed by atoms with Crippen molar-refractivity contribution in [3.8, 4) is 0 Å². The molecule has 15 heavy (non-hydrogen) atoms. The minimum Gasteiger partial charge on any atom is -0.463 e. The lowest BCUT2D eigenvalue weighted by Crippen LogP contribution is -2.23. The Morgan fingerprint density at radius 2 is 2.00 bits per heavy atom. The standard InChI is InChI=1S/C11H18O4/c1-8-3-4-9(12)7-10(14-2)5-6-11(13)15-8/h8,10H,3-7H2,1-2H3. The van der Waals surface area contributed by atoms with Crippen molar-refractivity contribution in [3.05, 3.63) is 0 Å². The van der Waals surface area contributed by atoms with Crippen LogP contribution < -0.4 is 0 Å². The average molecular weight is 214 g/mol. The first-order valence-electron chi connectivity index (χ1n) is 5.35. The number of Topliss-reactive ketones (excluding diaryl/α,β-unsaturated/α-hetero) is 1. The molecule has 86 valence electrons. The molecule has 1 rings (SSSR count). The van der Waals surface area contributed by atoms with Crippen molar-refractivity contribution in [3.63, 3.8) is 0 Å². The number of ketones is 1. The SMILES string of the molecule is COC1CCC(=O)OC(C)CCC(=O)C1. The quantitative estimate of drug-likeness (QED) is 0.620. The molecule has 2 atom stereocenters. The van der Waals surface area contributed by atoms with Gasteiger partial charge in [0.15, 0.2) is 0 Å². The maximum atomic E-state index is 11.5. The number of cyclic esters (lactones) is 1. The molecular formula is C11H18O4. The molecule has 0 N–H and O–H groups in total. The highest BCUT2D eigenvalue weighted by Gasteiger charge is 2.19. The van der Waals surface area contributed by atoms with Gasteiger partial charge in [-0.3, -0.25) is 9.59 Å². The van der Waals surface area contributed by atoms with Gasteiger partial charge in [-0.15, -0.1) is 0 Å². The van der Waals surface area contributed by atoms with Crippen LogP contribution in [0, 0.1) is 0 Å². The third kappa shape index (κ3) is 4.42. The zero-order chi connectivity index (χ0) is 11.3. The lowest BCUT2D eigenvalue weighted by Gasteiger charge is -2.19. The van der Waals surface area contributed by atoms with E-state index >= 15 is 0 Å². The highest BCUT2D eigenvalue weighted by atomic mass is 16.5. The van der Waals surface area contributed by atoms with Gasteiger partial charge in [-0.2, -0.15) is 0 Å². The first-order valence-corrected chi connectivity index (χ1v) is 5.35.